The lowest BCUT2D eigenvalue weighted by atomic mass is 10.0. The fraction of sp³-hybridized carbons (Fsp3) is 0.550. The summed E-state index contributed by atoms with van der Waals surface area (Å²) >= 11 is 0. The highest BCUT2D eigenvalue weighted by Gasteiger charge is 2.24. The van der Waals surface area contributed by atoms with Crippen LogP contribution in [0.5, 0.6) is 0 Å². The number of likely N-dealkylation sites (tertiary alicyclic amines) is 1. The molecule has 1 aliphatic heterocycles. The van der Waals surface area contributed by atoms with Crippen molar-refractivity contribution in [1.82, 2.24) is 15.5 Å². The van der Waals surface area contributed by atoms with Gasteiger partial charge in [0.25, 0.3) is 5.91 Å². The van der Waals surface area contributed by atoms with Gasteiger partial charge in [-0.15, -0.1) is 0 Å². The number of benzene rings is 1. The molecule has 0 aliphatic carbocycles. The van der Waals surface area contributed by atoms with E-state index < -0.39 is 17.5 Å². The number of nitrogens with one attached hydrogen (secondary N) is 2. The van der Waals surface area contributed by atoms with Gasteiger partial charge in [-0.05, 0) is 51.8 Å². The van der Waals surface area contributed by atoms with Crippen molar-refractivity contribution >= 4 is 17.9 Å². The van der Waals surface area contributed by atoms with E-state index in [1.807, 2.05) is 0 Å². The monoisotopic (exact) mass is 393 g/mol. The minimum atomic E-state index is -0.577. The van der Waals surface area contributed by atoms with Gasteiger partial charge < -0.3 is 20.3 Å². The van der Waals surface area contributed by atoms with Gasteiger partial charge in [0.1, 0.15) is 11.4 Å². The SMILES string of the molecule is CC(C)(C)OC(=O)NCCC(=O)N1CCC(NC(=O)c2cccc(F)c2)CC1. The zero-order chi connectivity index (χ0) is 20.7. The summed E-state index contributed by atoms with van der Waals surface area (Å²) in [5.74, 6) is -0.815. The number of piperidine rings is 1. The van der Waals surface area contributed by atoms with E-state index in [4.69, 9.17) is 4.74 Å². The number of ether oxygens (including phenoxy) is 1. The smallest absolute Gasteiger partial charge is 0.407 e. The normalized spacial score (nSPS) is 15.1. The van der Waals surface area contributed by atoms with Gasteiger partial charge in [-0.2, -0.15) is 0 Å². The van der Waals surface area contributed by atoms with Crippen LogP contribution in [0.4, 0.5) is 9.18 Å². The lowest BCUT2D eigenvalue weighted by Crippen LogP contribution is -2.47. The Labute approximate surface area is 164 Å². The number of rotatable bonds is 5. The number of alkyl carbamates (subject to hydrolysis) is 1. The minimum Gasteiger partial charge on any atom is -0.444 e. The second-order valence-electron chi connectivity index (χ2n) is 7.82. The molecule has 0 spiro atoms. The van der Waals surface area contributed by atoms with E-state index >= 15 is 0 Å². The Morgan fingerprint density at radius 1 is 1.21 bits per heavy atom. The van der Waals surface area contributed by atoms with E-state index in [1.165, 1.54) is 18.2 Å². The quantitative estimate of drug-likeness (QED) is 0.804. The van der Waals surface area contributed by atoms with E-state index in [0.29, 0.717) is 25.9 Å². The summed E-state index contributed by atoms with van der Waals surface area (Å²) in [5.41, 5.74) is -0.293. The number of hydrogen-bond donors (Lipinski definition) is 2. The Hall–Kier alpha value is -2.64. The summed E-state index contributed by atoms with van der Waals surface area (Å²) in [5, 5.41) is 5.46. The van der Waals surface area contributed by atoms with Crippen molar-refractivity contribution in [1.29, 1.82) is 0 Å². The third kappa shape index (κ3) is 7.17. The fourth-order valence-electron chi connectivity index (χ4n) is 2.92. The third-order valence-electron chi connectivity index (χ3n) is 4.28. The zero-order valence-corrected chi connectivity index (χ0v) is 16.6. The van der Waals surface area contributed by atoms with Gasteiger partial charge in [-0.1, -0.05) is 6.07 Å². The number of carbonyl (C=O) groups is 3. The summed E-state index contributed by atoms with van der Waals surface area (Å²) in [4.78, 5) is 37.7. The lowest BCUT2D eigenvalue weighted by molar-refractivity contribution is -0.132. The highest BCUT2D eigenvalue weighted by atomic mass is 19.1. The molecule has 0 bridgehead atoms. The zero-order valence-electron chi connectivity index (χ0n) is 16.6. The molecule has 0 saturated carbocycles. The third-order valence-corrected chi connectivity index (χ3v) is 4.28. The number of halogens is 1. The molecule has 154 valence electrons. The van der Waals surface area contributed by atoms with E-state index in [-0.39, 0.29) is 36.4 Å². The van der Waals surface area contributed by atoms with Crippen molar-refractivity contribution in [3.8, 4) is 0 Å². The molecule has 1 aromatic carbocycles. The Morgan fingerprint density at radius 2 is 1.89 bits per heavy atom. The number of carbonyl (C=O) groups excluding carboxylic acids is 3. The van der Waals surface area contributed by atoms with Gasteiger partial charge in [-0.3, -0.25) is 9.59 Å². The van der Waals surface area contributed by atoms with Crippen LogP contribution in [-0.4, -0.2) is 54.1 Å². The second-order valence-corrected chi connectivity index (χ2v) is 7.82. The van der Waals surface area contributed by atoms with Gasteiger partial charge in [0.15, 0.2) is 0 Å². The van der Waals surface area contributed by atoms with E-state index in [0.717, 1.165) is 0 Å². The number of hydrogen-bond acceptors (Lipinski definition) is 4. The number of nitrogens with zero attached hydrogens (tertiary/aromatic N) is 1. The van der Waals surface area contributed by atoms with Crippen LogP contribution in [0, 0.1) is 5.82 Å². The van der Waals surface area contributed by atoms with E-state index in [1.54, 1.807) is 31.7 Å². The van der Waals surface area contributed by atoms with Crippen molar-refractivity contribution in [2.24, 2.45) is 0 Å². The molecule has 7 nitrogen and oxygen atoms in total. The largest absolute Gasteiger partial charge is 0.444 e. The van der Waals surface area contributed by atoms with Crippen molar-refractivity contribution in [2.45, 2.75) is 51.7 Å². The standard InChI is InChI=1S/C20H28FN3O4/c1-20(2,3)28-19(27)22-10-7-17(25)24-11-8-16(9-12-24)23-18(26)14-5-4-6-15(21)13-14/h4-6,13,16H,7-12H2,1-3H3,(H,22,27)(H,23,26). The van der Waals surface area contributed by atoms with Crippen LogP contribution in [0.2, 0.25) is 0 Å². The van der Waals surface area contributed by atoms with Gasteiger partial charge in [0.2, 0.25) is 5.91 Å². The average Bonchev–Trinajstić information content (AvgIpc) is 2.60. The van der Waals surface area contributed by atoms with Crippen LogP contribution in [-0.2, 0) is 9.53 Å². The minimum absolute atomic E-state index is 0.0500. The van der Waals surface area contributed by atoms with Crippen molar-refractivity contribution in [2.75, 3.05) is 19.6 Å². The maximum atomic E-state index is 13.2. The molecule has 1 heterocycles. The maximum Gasteiger partial charge on any atom is 0.407 e. The predicted octanol–water partition coefficient (Wildman–Crippen LogP) is 2.46. The molecule has 8 heteroatoms. The van der Waals surface area contributed by atoms with Crippen LogP contribution in [0.1, 0.15) is 50.4 Å². The molecule has 0 atom stereocenters. The van der Waals surface area contributed by atoms with Crippen molar-refractivity contribution in [3.63, 3.8) is 0 Å². The summed E-state index contributed by atoms with van der Waals surface area (Å²) in [6.45, 7) is 6.58. The molecule has 1 saturated heterocycles. The molecule has 2 N–H and O–H groups in total. The predicted molar refractivity (Wildman–Crippen MR) is 102 cm³/mol. The van der Waals surface area contributed by atoms with Crippen molar-refractivity contribution < 1.29 is 23.5 Å². The fourth-order valence-corrected chi connectivity index (χ4v) is 2.92. The molecular weight excluding hydrogens is 365 g/mol. The highest BCUT2D eigenvalue weighted by Crippen LogP contribution is 2.13. The maximum absolute atomic E-state index is 13.2. The van der Waals surface area contributed by atoms with Crippen molar-refractivity contribution in [3.05, 3.63) is 35.6 Å². The molecule has 0 unspecified atom stereocenters. The highest BCUT2D eigenvalue weighted by molar-refractivity contribution is 5.94. The summed E-state index contributed by atoms with van der Waals surface area (Å²) in [6, 6.07) is 5.50. The van der Waals surface area contributed by atoms with Crippen LogP contribution < -0.4 is 10.6 Å². The summed E-state index contributed by atoms with van der Waals surface area (Å²) < 4.78 is 18.3. The molecular formula is C20H28FN3O4. The Kier molecular flexibility index (Phi) is 7.37. The van der Waals surface area contributed by atoms with E-state index in [2.05, 4.69) is 10.6 Å². The number of amides is 3. The first-order chi connectivity index (χ1) is 13.1. The Bertz CT molecular complexity index is 710. The average molecular weight is 393 g/mol. The van der Waals surface area contributed by atoms with Crippen LogP contribution in [0.15, 0.2) is 24.3 Å². The lowest BCUT2D eigenvalue weighted by Gasteiger charge is -2.32. The Balaban J connectivity index is 1.69. The molecule has 3 amide bonds. The molecule has 1 aliphatic rings. The van der Waals surface area contributed by atoms with Gasteiger partial charge in [0.05, 0.1) is 0 Å². The van der Waals surface area contributed by atoms with Crippen LogP contribution >= 0.6 is 0 Å². The molecule has 28 heavy (non-hydrogen) atoms. The van der Waals surface area contributed by atoms with E-state index in [9.17, 15) is 18.8 Å². The molecule has 0 aromatic heterocycles. The molecule has 1 aromatic rings. The molecule has 1 fully saturated rings. The van der Waals surface area contributed by atoms with Gasteiger partial charge in [0, 0.05) is 37.7 Å². The Morgan fingerprint density at radius 3 is 2.50 bits per heavy atom. The molecule has 2 rings (SSSR count). The molecule has 0 radical (unpaired) electrons. The second kappa shape index (κ2) is 9.52. The summed E-state index contributed by atoms with van der Waals surface area (Å²) in [6.07, 6.45) is 0.914. The first kappa shape index (κ1) is 21.7. The first-order valence-corrected chi connectivity index (χ1v) is 9.45. The van der Waals surface area contributed by atoms with Gasteiger partial charge in [-0.25, -0.2) is 9.18 Å². The van der Waals surface area contributed by atoms with Gasteiger partial charge >= 0.3 is 6.09 Å². The first-order valence-electron chi connectivity index (χ1n) is 9.45. The van der Waals surface area contributed by atoms with Crippen LogP contribution in [0.3, 0.4) is 0 Å². The van der Waals surface area contributed by atoms with Crippen LogP contribution in [0.25, 0.3) is 0 Å². The topological polar surface area (TPSA) is 87.7 Å². The summed E-state index contributed by atoms with van der Waals surface area (Å²) in [7, 11) is 0.